The Morgan fingerprint density at radius 1 is 1.35 bits per heavy atom. The van der Waals surface area contributed by atoms with Crippen LogP contribution in [0.5, 0.6) is 0 Å². The first-order chi connectivity index (χ1) is 14.9. The van der Waals surface area contributed by atoms with Gasteiger partial charge >= 0.3 is 0 Å². The Hall–Kier alpha value is -1.32. The lowest BCUT2D eigenvalue weighted by Gasteiger charge is -2.35. The van der Waals surface area contributed by atoms with Crippen molar-refractivity contribution < 1.29 is 4.74 Å². The number of hydrogen-bond donors (Lipinski definition) is 1. The second-order valence-corrected chi connectivity index (χ2v) is 10.1. The first-order valence-electron chi connectivity index (χ1n) is 10.4. The van der Waals surface area contributed by atoms with Gasteiger partial charge in [0.15, 0.2) is 0 Å². The largest absolute Gasteiger partial charge is 0.470 e. The molecule has 0 aromatic carbocycles. The molecule has 172 valence electrons. The van der Waals surface area contributed by atoms with Gasteiger partial charge in [0.2, 0.25) is 11.2 Å². The lowest BCUT2D eigenvalue weighted by atomic mass is 9.92. The third-order valence-corrected chi connectivity index (χ3v) is 7.75. The molecule has 31 heavy (non-hydrogen) atoms. The van der Waals surface area contributed by atoms with Gasteiger partial charge in [0.25, 0.3) is 0 Å². The summed E-state index contributed by atoms with van der Waals surface area (Å²) >= 11 is 9.05. The molecule has 0 aliphatic carbocycles. The number of nitrogens with zero attached hydrogens (tertiary/aromatic N) is 5. The summed E-state index contributed by atoms with van der Waals surface area (Å²) in [6, 6.07) is 0.0440. The van der Waals surface area contributed by atoms with E-state index in [9.17, 15) is 0 Å². The average Bonchev–Trinajstić information content (AvgIpc) is 2.78. The van der Waals surface area contributed by atoms with Crippen LogP contribution in [0.4, 0.5) is 5.95 Å². The minimum Gasteiger partial charge on any atom is -0.470 e. The fraction of sp³-hybridized carbons (Fsp3) is 0.667. The highest BCUT2D eigenvalue weighted by molar-refractivity contribution is 8.13. The summed E-state index contributed by atoms with van der Waals surface area (Å²) in [5, 5.41) is 8.99. The Morgan fingerprint density at radius 3 is 2.55 bits per heavy atom. The lowest BCUT2D eigenvalue weighted by molar-refractivity contribution is 0.125. The second kappa shape index (κ2) is 13.3. The van der Waals surface area contributed by atoms with E-state index in [1.165, 1.54) is 18.0 Å². The predicted octanol–water partition coefficient (Wildman–Crippen LogP) is 4.90. The van der Waals surface area contributed by atoms with Crippen LogP contribution in [0, 0.1) is 17.2 Å². The molecule has 0 amide bonds. The quantitative estimate of drug-likeness (QED) is 0.375. The number of piperidine rings is 1. The minimum atomic E-state index is 0.0440. The van der Waals surface area contributed by atoms with E-state index >= 15 is 0 Å². The van der Waals surface area contributed by atoms with Gasteiger partial charge in [-0.1, -0.05) is 18.5 Å². The van der Waals surface area contributed by atoms with E-state index in [1.54, 1.807) is 24.2 Å². The van der Waals surface area contributed by atoms with Crippen LogP contribution in [-0.4, -0.2) is 70.7 Å². The Kier molecular flexibility index (Phi) is 11.1. The summed E-state index contributed by atoms with van der Waals surface area (Å²) < 4.78 is 6.31. The molecule has 0 spiro atoms. The van der Waals surface area contributed by atoms with E-state index in [-0.39, 0.29) is 23.3 Å². The van der Waals surface area contributed by atoms with Gasteiger partial charge in [-0.2, -0.15) is 11.8 Å². The molecular weight excluding hydrogens is 452 g/mol. The molecule has 0 radical (unpaired) electrons. The molecule has 0 bridgehead atoms. The minimum absolute atomic E-state index is 0.0440. The van der Waals surface area contributed by atoms with Crippen molar-refractivity contribution in [2.45, 2.75) is 51.0 Å². The third kappa shape index (κ3) is 7.95. The SMILES string of the molecule is C=NCSC(=N[C@H](C)C(C)C(C=N)SC)O[C@@H](C)C1CCN(c2ncc(Cl)cn2)CC1. The number of aliphatic imine (C=N–C) groups is 2. The van der Waals surface area contributed by atoms with Gasteiger partial charge < -0.3 is 15.0 Å². The highest BCUT2D eigenvalue weighted by Gasteiger charge is 2.28. The van der Waals surface area contributed by atoms with Crippen molar-refractivity contribution in [3.63, 3.8) is 0 Å². The van der Waals surface area contributed by atoms with Crippen LogP contribution in [0.2, 0.25) is 5.02 Å². The Labute approximate surface area is 199 Å². The van der Waals surface area contributed by atoms with Crippen molar-refractivity contribution in [3.05, 3.63) is 17.4 Å². The number of rotatable bonds is 10. The van der Waals surface area contributed by atoms with Crippen LogP contribution in [0.1, 0.15) is 33.6 Å². The molecule has 1 aliphatic heterocycles. The highest BCUT2D eigenvalue weighted by atomic mass is 35.5. The summed E-state index contributed by atoms with van der Waals surface area (Å²) in [7, 11) is 0. The predicted molar refractivity (Wildman–Crippen MR) is 137 cm³/mol. The molecule has 7 nitrogen and oxygen atoms in total. The number of thioether (sulfide) groups is 2. The summed E-state index contributed by atoms with van der Waals surface area (Å²) in [6.07, 6.45) is 8.85. The maximum absolute atomic E-state index is 7.64. The number of halogens is 1. The number of aromatic nitrogens is 2. The van der Waals surface area contributed by atoms with Gasteiger partial charge in [0, 0.05) is 24.6 Å². The van der Waals surface area contributed by atoms with E-state index in [0.29, 0.717) is 22.0 Å². The van der Waals surface area contributed by atoms with Crippen molar-refractivity contribution in [2.24, 2.45) is 21.8 Å². The van der Waals surface area contributed by atoms with Gasteiger partial charge in [-0.25, -0.2) is 15.0 Å². The van der Waals surface area contributed by atoms with E-state index in [4.69, 9.17) is 26.7 Å². The van der Waals surface area contributed by atoms with Gasteiger partial charge in [-0.3, -0.25) is 4.99 Å². The molecule has 2 rings (SSSR count). The zero-order valence-corrected chi connectivity index (χ0v) is 21.1. The summed E-state index contributed by atoms with van der Waals surface area (Å²) in [5.41, 5.74) is 0. The van der Waals surface area contributed by atoms with E-state index in [1.807, 2.05) is 6.26 Å². The monoisotopic (exact) mass is 484 g/mol. The summed E-state index contributed by atoms with van der Waals surface area (Å²) in [4.78, 5) is 19.6. The summed E-state index contributed by atoms with van der Waals surface area (Å²) in [6.45, 7) is 11.7. The van der Waals surface area contributed by atoms with Gasteiger partial charge in [0.1, 0.15) is 6.10 Å². The maximum atomic E-state index is 7.64. The van der Waals surface area contributed by atoms with Crippen LogP contribution < -0.4 is 4.90 Å². The van der Waals surface area contributed by atoms with Crippen LogP contribution in [0.25, 0.3) is 0 Å². The van der Waals surface area contributed by atoms with Crippen LogP contribution in [-0.2, 0) is 4.74 Å². The fourth-order valence-electron chi connectivity index (χ4n) is 3.49. The highest BCUT2D eigenvalue weighted by Crippen LogP contribution is 2.27. The molecule has 1 N–H and O–H groups in total. The van der Waals surface area contributed by atoms with Crippen LogP contribution in [0.3, 0.4) is 0 Å². The Morgan fingerprint density at radius 2 is 2.00 bits per heavy atom. The molecule has 1 fully saturated rings. The van der Waals surface area contributed by atoms with E-state index in [0.717, 1.165) is 31.9 Å². The molecule has 2 heterocycles. The van der Waals surface area contributed by atoms with Crippen molar-refractivity contribution in [3.8, 4) is 0 Å². The topological polar surface area (TPSA) is 86.8 Å². The average molecular weight is 485 g/mol. The normalized spacial score (nSPS) is 19.4. The molecule has 1 saturated heterocycles. The molecule has 4 atom stereocenters. The fourth-order valence-corrected chi connectivity index (χ4v) is 5.04. The smallest absolute Gasteiger partial charge is 0.248 e. The maximum Gasteiger partial charge on any atom is 0.248 e. The van der Waals surface area contributed by atoms with Crippen molar-refractivity contribution in [1.82, 2.24) is 9.97 Å². The first-order valence-corrected chi connectivity index (χ1v) is 13.1. The molecular formula is C21H33ClN6OS2. The molecule has 1 aromatic heterocycles. The van der Waals surface area contributed by atoms with Crippen LogP contribution in [0.15, 0.2) is 22.4 Å². The number of hydrogen-bond acceptors (Lipinski definition) is 9. The van der Waals surface area contributed by atoms with Crippen molar-refractivity contribution >= 4 is 59.2 Å². The van der Waals surface area contributed by atoms with Crippen molar-refractivity contribution in [1.29, 1.82) is 5.41 Å². The molecule has 2 unspecified atom stereocenters. The standard InChI is InChI=1S/C21H33ClN6OS2/c1-14(19(10-23)30-5)15(2)27-21(31-13-24-4)29-16(3)17-6-8-28(9-7-17)20-25-11-18(22)12-26-20/h10-12,14-17,19,23H,4,6-9,13H2,1-3,5H3/t14?,15-,16+,19?/m1/s1. The molecule has 1 aliphatic rings. The first kappa shape index (κ1) is 25.9. The van der Waals surface area contributed by atoms with Gasteiger partial charge in [0.05, 0.1) is 29.3 Å². The van der Waals surface area contributed by atoms with Gasteiger partial charge in [-0.15, -0.1) is 0 Å². The molecule has 0 saturated carbocycles. The molecule has 10 heteroatoms. The zero-order valence-electron chi connectivity index (χ0n) is 18.7. The number of nitrogens with one attached hydrogen (secondary N) is 1. The van der Waals surface area contributed by atoms with Crippen molar-refractivity contribution in [2.75, 3.05) is 30.1 Å². The summed E-state index contributed by atoms with van der Waals surface area (Å²) in [5.74, 6) is 1.90. The Balaban J connectivity index is 1.97. The second-order valence-electron chi connectivity index (χ2n) is 7.71. The van der Waals surface area contributed by atoms with Crippen LogP contribution >= 0.6 is 35.1 Å². The molecule has 1 aromatic rings. The lowest BCUT2D eigenvalue weighted by Crippen LogP contribution is -2.39. The zero-order chi connectivity index (χ0) is 22.8. The number of ether oxygens (including phenoxy) is 1. The van der Waals surface area contributed by atoms with E-state index in [2.05, 4.69) is 47.3 Å². The number of anilines is 1. The Bertz CT molecular complexity index is 727. The van der Waals surface area contributed by atoms with E-state index < -0.39 is 0 Å². The van der Waals surface area contributed by atoms with Gasteiger partial charge in [-0.05, 0) is 63.3 Å². The third-order valence-electron chi connectivity index (χ3n) is 5.68.